The molecule has 1 aliphatic heterocycles. The number of fused-ring (bicyclic) bond motifs is 1. The van der Waals surface area contributed by atoms with Gasteiger partial charge in [-0.25, -0.2) is 0 Å². The smallest absolute Gasteiger partial charge is 0.316 e. The van der Waals surface area contributed by atoms with Crippen LogP contribution in [0.1, 0.15) is 19.3 Å². The monoisotopic (exact) mass is 301 g/mol. The molecule has 1 amide bonds. The van der Waals surface area contributed by atoms with Gasteiger partial charge in [-0.1, -0.05) is 12.1 Å². The van der Waals surface area contributed by atoms with E-state index in [0.717, 1.165) is 25.9 Å². The van der Waals surface area contributed by atoms with E-state index in [1.807, 2.05) is 17.0 Å². The summed E-state index contributed by atoms with van der Waals surface area (Å²) in [5.41, 5.74) is 0.243. The van der Waals surface area contributed by atoms with Gasteiger partial charge in [0.25, 0.3) is 0 Å². The van der Waals surface area contributed by atoms with Crippen molar-refractivity contribution in [1.29, 1.82) is 0 Å². The van der Waals surface area contributed by atoms with Crippen LogP contribution >= 0.6 is 0 Å². The van der Waals surface area contributed by atoms with Gasteiger partial charge in [0.15, 0.2) is 0 Å². The van der Waals surface area contributed by atoms with E-state index in [-0.39, 0.29) is 18.9 Å². The van der Waals surface area contributed by atoms with Crippen molar-refractivity contribution in [3.63, 3.8) is 0 Å². The average molecular weight is 301 g/mol. The number of aromatic nitrogens is 2. The number of likely N-dealkylation sites (tertiary alicyclic amines) is 1. The Balaban J connectivity index is 1.95. The molecule has 6 heteroatoms. The van der Waals surface area contributed by atoms with E-state index in [2.05, 4.69) is 0 Å². The van der Waals surface area contributed by atoms with Crippen molar-refractivity contribution in [2.45, 2.75) is 25.8 Å². The molecular formula is C16H19N3O3. The highest BCUT2D eigenvalue weighted by atomic mass is 16.2. The van der Waals surface area contributed by atoms with Gasteiger partial charge in [0.05, 0.1) is 11.0 Å². The Morgan fingerprint density at radius 1 is 1.05 bits per heavy atom. The molecule has 0 unspecified atom stereocenters. The van der Waals surface area contributed by atoms with E-state index < -0.39 is 11.1 Å². The Kier molecular flexibility index (Phi) is 3.83. The molecular weight excluding hydrogens is 282 g/mol. The molecule has 1 aliphatic rings. The van der Waals surface area contributed by atoms with Crippen molar-refractivity contribution in [1.82, 2.24) is 14.0 Å². The first-order valence-corrected chi connectivity index (χ1v) is 7.56. The first-order valence-electron chi connectivity index (χ1n) is 7.56. The number of hydrogen-bond donors (Lipinski definition) is 0. The van der Waals surface area contributed by atoms with Gasteiger partial charge < -0.3 is 14.0 Å². The summed E-state index contributed by atoms with van der Waals surface area (Å²) in [6, 6.07) is 7.25. The number of carbonyl (C=O) groups is 1. The van der Waals surface area contributed by atoms with Gasteiger partial charge in [-0.15, -0.1) is 0 Å². The molecule has 1 fully saturated rings. The fourth-order valence-electron chi connectivity index (χ4n) is 3.01. The molecule has 0 atom stereocenters. The summed E-state index contributed by atoms with van der Waals surface area (Å²) >= 11 is 0. The van der Waals surface area contributed by atoms with Gasteiger partial charge >= 0.3 is 11.1 Å². The lowest BCUT2D eigenvalue weighted by atomic mass is 10.2. The molecule has 0 radical (unpaired) electrons. The van der Waals surface area contributed by atoms with Crippen LogP contribution in [0.2, 0.25) is 0 Å². The minimum Gasteiger partial charge on any atom is -0.343 e. The lowest BCUT2D eigenvalue weighted by Gasteiger charge is -2.16. The normalized spacial score (nSPS) is 14.7. The molecule has 2 aromatic rings. The quantitative estimate of drug-likeness (QED) is 0.784. The highest BCUT2D eigenvalue weighted by molar-refractivity contribution is 5.77. The van der Waals surface area contributed by atoms with Gasteiger partial charge in [-0.05, 0) is 25.0 Å². The highest BCUT2D eigenvalue weighted by Crippen LogP contribution is 2.12. The van der Waals surface area contributed by atoms with Crippen molar-refractivity contribution in [3.8, 4) is 0 Å². The second-order valence-corrected chi connectivity index (χ2v) is 5.65. The van der Waals surface area contributed by atoms with Crippen molar-refractivity contribution < 1.29 is 4.79 Å². The standard InChI is InChI=1S/C16H19N3O3/c1-17-12-6-2-3-7-13(12)19(16(22)15(17)21)11-8-14(20)18-9-4-5-10-18/h2-3,6-7H,4-5,8-11H2,1H3. The van der Waals surface area contributed by atoms with E-state index >= 15 is 0 Å². The van der Waals surface area contributed by atoms with Crippen LogP contribution in [0.5, 0.6) is 0 Å². The first-order chi connectivity index (χ1) is 10.6. The summed E-state index contributed by atoms with van der Waals surface area (Å²) in [7, 11) is 1.59. The van der Waals surface area contributed by atoms with Crippen LogP contribution in [0.15, 0.2) is 33.9 Å². The van der Waals surface area contributed by atoms with Crippen LogP contribution in [0, 0.1) is 0 Å². The van der Waals surface area contributed by atoms with E-state index in [9.17, 15) is 14.4 Å². The number of amides is 1. The van der Waals surface area contributed by atoms with Gasteiger partial charge in [0.1, 0.15) is 0 Å². The maximum atomic E-state index is 12.2. The van der Waals surface area contributed by atoms with Crippen molar-refractivity contribution >= 4 is 16.9 Å². The largest absolute Gasteiger partial charge is 0.343 e. The molecule has 0 saturated carbocycles. The van der Waals surface area contributed by atoms with Gasteiger partial charge in [0.2, 0.25) is 5.91 Å². The third kappa shape index (κ3) is 2.45. The Morgan fingerprint density at radius 2 is 1.68 bits per heavy atom. The van der Waals surface area contributed by atoms with Crippen LogP contribution < -0.4 is 11.1 Å². The van der Waals surface area contributed by atoms with E-state index in [1.165, 1.54) is 9.13 Å². The van der Waals surface area contributed by atoms with E-state index in [1.54, 1.807) is 19.2 Å². The molecule has 2 heterocycles. The van der Waals surface area contributed by atoms with Crippen LogP contribution in [0.25, 0.3) is 11.0 Å². The Labute approximate surface area is 127 Å². The summed E-state index contributed by atoms with van der Waals surface area (Å²) in [6.45, 7) is 1.83. The molecule has 0 spiro atoms. The predicted octanol–water partition coefficient (Wildman–Crippen LogP) is 0.713. The zero-order valence-corrected chi connectivity index (χ0v) is 12.6. The Bertz CT molecular complexity index is 829. The molecule has 1 saturated heterocycles. The number of nitrogens with zero attached hydrogens (tertiary/aromatic N) is 3. The van der Waals surface area contributed by atoms with E-state index in [4.69, 9.17) is 0 Å². The van der Waals surface area contributed by atoms with Crippen LogP contribution in [-0.4, -0.2) is 33.0 Å². The zero-order valence-electron chi connectivity index (χ0n) is 12.6. The lowest BCUT2D eigenvalue weighted by Crippen LogP contribution is -2.41. The second kappa shape index (κ2) is 5.79. The number of para-hydroxylation sites is 2. The summed E-state index contributed by atoms with van der Waals surface area (Å²) in [6.07, 6.45) is 2.33. The number of benzene rings is 1. The molecule has 0 N–H and O–H groups in total. The highest BCUT2D eigenvalue weighted by Gasteiger charge is 2.18. The molecule has 3 rings (SSSR count). The topological polar surface area (TPSA) is 64.3 Å². The molecule has 1 aromatic carbocycles. The van der Waals surface area contributed by atoms with Crippen LogP contribution in [-0.2, 0) is 18.4 Å². The average Bonchev–Trinajstić information content (AvgIpc) is 3.07. The van der Waals surface area contributed by atoms with Crippen molar-refractivity contribution in [2.24, 2.45) is 7.05 Å². The molecule has 0 aliphatic carbocycles. The third-order valence-corrected chi connectivity index (χ3v) is 4.27. The third-order valence-electron chi connectivity index (χ3n) is 4.27. The number of rotatable bonds is 3. The van der Waals surface area contributed by atoms with Gasteiger partial charge in [-0.2, -0.15) is 0 Å². The van der Waals surface area contributed by atoms with Crippen molar-refractivity contribution in [2.75, 3.05) is 13.1 Å². The van der Waals surface area contributed by atoms with Crippen LogP contribution in [0.4, 0.5) is 0 Å². The fourth-order valence-corrected chi connectivity index (χ4v) is 3.01. The van der Waals surface area contributed by atoms with Gasteiger partial charge in [-0.3, -0.25) is 14.4 Å². The minimum absolute atomic E-state index is 0.0501. The van der Waals surface area contributed by atoms with Gasteiger partial charge in [0, 0.05) is 33.1 Å². The maximum Gasteiger partial charge on any atom is 0.316 e. The molecule has 22 heavy (non-hydrogen) atoms. The zero-order chi connectivity index (χ0) is 15.7. The SMILES string of the molecule is Cn1c(=O)c(=O)n(CCC(=O)N2CCCC2)c2ccccc21. The summed E-state index contributed by atoms with van der Waals surface area (Å²) in [4.78, 5) is 38.3. The summed E-state index contributed by atoms with van der Waals surface area (Å²) in [5.74, 6) is 0.0501. The minimum atomic E-state index is -0.574. The van der Waals surface area contributed by atoms with Crippen LogP contribution in [0.3, 0.4) is 0 Å². The fraction of sp³-hybridized carbons (Fsp3) is 0.438. The first kappa shape index (κ1) is 14.6. The predicted molar refractivity (Wildman–Crippen MR) is 83.9 cm³/mol. The Morgan fingerprint density at radius 3 is 2.36 bits per heavy atom. The molecule has 1 aromatic heterocycles. The lowest BCUT2D eigenvalue weighted by molar-refractivity contribution is -0.130. The number of aryl methyl sites for hydroxylation is 2. The Hall–Kier alpha value is -2.37. The number of hydrogen-bond acceptors (Lipinski definition) is 3. The maximum absolute atomic E-state index is 12.2. The summed E-state index contributed by atoms with van der Waals surface area (Å²) < 4.78 is 2.78. The molecule has 0 bridgehead atoms. The second-order valence-electron chi connectivity index (χ2n) is 5.65. The number of carbonyl (C=O) groups excluding carboxylic acids is 1. The summed E-state index contributed by atoms with van der Waals surface area (Å²) in [5, 5.41) is 0. The van der Waals surface area contributed by atoms with E-state index in [0.29, 0.717) is 11.0 Å². The van der Waals surface area contributed by atoms with Crippen molar-refractivity contribution in [3.05, 3.63) is 45.0 Å². The molecule has 6 nitrogen and oxygen atoms in total. The molecule has 116 valence electrons.